The fourth-order valence-electron chi connectivity index (χ4n) is 1.33. The molecular formula is C10H18N2O3. The maximum absolute atomic E-state index is 11.2. The van der Waals surface area contributed by atoms with Crippen molar-refractivity contribution in [3.05, 3.63) is 0 Å². The molecule has 0 aromatic rings. The van der Waals surface area contributed by atoms with Crippen LogP contribution in [0.2, 0.25) is 0 Å². The summed E-state index contributed by atoms with van der Waals surface area (Å²) in [5.41, 5.74) is 5.31. The van der Waals surface area contributed by atoms with Gasteiger partial charge in [-0.15, -0.1) is 0 Å². The van der Waals surface area contributed by atoms with E-state index in [1.54, 1.807) is 0 Å². The second kappa shape index (κ2) is 5.70. The number of amides is 1. The average Bonchev–Trinajstić information content (AvgIpc) is 2.95. The van der Waals surface area contributed by atoms with Gasteiger partial charge in [-0.2, -0.15) is 0 Å². The van der Waals surface area contributed by atoms with E-state index in [4.69, 9.17) is 10.8 Å². The van der Waals surface area contributed by atoms with Crippen LogP contribution in [0.4, 0.5) is 0 Å². The fraction of sp³-hybridized carbons (Fsp3) is 0.800. The number of carboxylic acid groups (broad SMARTS) is 1. The summed E-state index contributed by atoms with van der Waals surface area (Å²) in [7, 11) is 0. The lowest BCUT2D eigenvalue weighted by Gasteiger charge is -2.07. The summed E-state index contributed by atoms with van der Waals surface area (Å²) < 4.78 is 0. The molecule has 86 valence electrons. The van der Waals surface area contributed by atoms with Crippen molar-refractivity contribution in [3.63, 3.8) is 0 Å². The Morgan fingerprint density at radius 1 is 1.47 bits per heavy atom. The molecule has 0 bridgehead atoms. The van der Waals surface area contributed by atoms with Gasteiger partial charge in [-0.05, 0) is 31.6 Å². The predicted octanol–water partition coefficient (Wildman–Crippen LogP) is 0.0948. The van der Waals surface area contributed by atoms with Gasteiger partial charge in [0.25, 0.3) is 0 Å². The van der Waals surface area contributed by atoms with E-state index in [1.807, 2.05) is 0 Å². The van der Waals surface area contributed by atoms with Gasteiger partial charge >= 0.3 is 5.97 Å². The van der Waals surface area contributed by atoms with Gasteiger partial charge in [0.05, 0.1) is 0 Å². The smallest absolute Gasteiger partial charge is 0.320 e. The number of nitrogens with two attached hydrogens (primary N) is 1. The van der Waals surface area contributed by atoms with Gasteiger partial charge in [0.2, 0.25) is 5.91 Å². The molecule has 1 aliphatic rings. The molecule has 15 heavy (non-hydrogen) atoms. The maximum Gasteiger partial charge on any atom is 0.320 e. The highest BCUT2D eigenvalue weighted by Crippen LogP contribution is 2.31. The van der Waals surface area contributed by atoms with Crippen molar-refractivity contribution >= 4 is 11.9 Å². The van der Waals surface area contributed by atoms with Crippen molar-refractivity contribution in [1.29, 1.82) is 0 Å². The SMILES string of the molecule is N[C@@H](CCCNC(=O)CC1CC1)C(=O)O. The van der Waals surface area contributed by atoms with Crippen LogP contribution in [-0.2, 0) is 9.59 Å². The van der Waals surface area contributed by atoms with Gasteiger partial charge in [-0.25, -0.2) is 0 Å². The Hall–Kier alpha value is -1.10. The summed E-state index contributed by atoms with van der Waals surface area (Å²) in [4.78, 5) is 21.6. The minimum Gasteiger partial charge on any atom is -0.480 e. The Labute approximate surface area is 89.0 Å². The Balaban J connectivity index is 1.95. The van der Waals surface area contributed by atoms with Crippen molar-refractivity contribution in [2.24, 2.45) is 11.7 Å². The summed E-state index contributed by atoms with van der Waals surface area (Å²) in [5, 5.41) is 11.3. The summed E-state index contributed by atoms with van der Waals surface area (Å²) >= 11 is 0. The van der Waals surface area contributed by atoms with E-state index in [0.717, 1.165) is 12.8 Å². The van der Waals surface area contributed by atoms with Crippen molar-refractivity contribution < 1.29 is 14.7 Å². The topological polar surface area (TPSA) is 92.4 Å². The number of carbonyl (C=O) groups is 2. The lowest BCUT2D eigenvalue weighted by molar-refractivity contribution is -0.138. The van der Waals surface area contributed by atoms with Crippen LogP contribution in [0.1, 0.15) is 32.1 Å². The van der Waals surface area contributed by atoms with E-state index in [9.17, 15) is 9.59 Å². The molecule has 0 spiro atoms. The van der Waals surface area contributed by atoms with E-state index in [1.165, 1.54) is 0 Å². The van der Waals surface area contributed by atoms with Crippen molar-refractivity contribution in [1.82, 2.24) is 5.32 Å². The van der Waals surface area contributed by atoms with Gasteiger partial charge in [0.15, 0.2) is 0 Å². The van der Waals surface area contributed by atoms with Crippen LogP contribution in [0.15, 0.2) is 0 Å². The van der Waals surface area contributed by atoms with Crippen molar-refractivity contribution in [2.45, 2.75) is 38.1 Å². The van der Waals surface area contributed by atoms with E-state index >= 15 is 0 Å². The number of hydrogen-bond donors (Lipinski definition) is 3. The van der Waals surface area contributed by atoms with Gasteiger partial charge in [0.1, 0.15) is 6.04 Å². The molecule has 1 atom stereocenters. The van der Waals surface area contributed by atoms with Crippen LogP contribution in [0, 0.1) is 5.92 Å². The zero-order chi connectivity index (χ0) is 11.3. The number of carbonyl (C=O) groups excluding carboxylic acids is 1. The first-order valence-corrected chi connectivity index (χ1v) is 5.34. The Morgan fingerprint density at radius 3 is 2.67 bits per heavy atom. The number of nitrogens with one attached hydrogen (secondary N) is 1. The van der Waals surface area contributed by atoms with Gasteiger partial charge in [-0.3, -0.25) is 9.59 Å². The van der Waals surface area contributed by atoms with Crippen LogP contribution >= 0.6 is 0 Å². The van der Waals surface area contributed by atoms with Crippen LogP contribution in [0.25, 0.3) is 0 Å². The van der Waals surface area contributed by atoms with E-state index < -0.39 is 12.0 Å². The highest BCUT2D eigenvalue weighted by atomic mass is 16.4. The number of hydrogen-bond acceptors (Lipinski definition) is 3. The van der Waals surface area contributed by atoms with E-state index in [2.05, 4.69) is 5.32 Å². The molecule has 0 aromatic carbocycles. The highest BCUT2D eigenvalue weighted by molar-refractivity contribution is 5.76. The quantitative estimate of drug-likeness (QED) is 0.524. The maximum atomic E-state index is 11.2. The summed E-state index contributed by atoms with van der Waals surface area (Å²) in [5.74, 6) is -0.327. The third kappa shape index (κ3) is 5.37. The molecule has 0 radical (unpaired) electrons. The summed E-state index contributed by atoms with van der Waals surface area (Å²) in [6.45, 7) is 0.520. The Bertz CT molecular complexity index is 239. The summed E-state index contributed by atoms with van der Waals surface area (Å²) in [6, 6.07) is -0.815. The van der Waals surface area contributed by atoms with Crippen molar-refractivity contribution in [2.75, 3.05) is 6.54 Å². The molecule has 0 saturated heterocycles. The Kier molecular flexibility index (Phi) is 4.55. The zero-order valence-electron chi connectivity index (χ0n) is 8.74. The molecule has 1 rings (SSSR count). The normalized spacial score (nSPS) is 17.1. The monoisotopic (exact) mass is 214 g/mol. The largest absolute Gasteiger partial charge is 0.480 e. The second-order valence-electron chi connectivity index (χ2n) is 4.08. The number of aliphatic carboxylic acids is 1. The molecule has 5 heteroatoms. The first-order valence-electron chi connectivity index (χ1n) is 5.34. The average molecular weight is 214 g/mol. The number of rotatable bonds is 7. The summed E-state index contributed by atoms with van der Waals surface area (Å²) in [6.07, 6.45) is 3.96. The van der Waals surface area contributed by atoms with Crippen LogP contribution in [-0.4, -0.2) is 29.6 Å². The lowest BCUT2D eigenvalue weighted by atomic mass is 10.1. The van der Waals surface area contributed by atoms with Crippen LogP contribution in [0.5, 0.6) is 0 Å². The van der Waals surface area contributed by atoms with E-state index in [0.29, 0.717) is 31.7 Å². The third-order valence-corrected chi connectivity index (χ3v) is 2.50. The minimum atomic E-state index is -0.987. The molecule has 1 saturated carbocycles. The molecule has 4 N–H and O–H groups in total. The van der Waals surface area contributed by atoms with Gasteiger partial charge < -0.3 is 16.2 Å². The first-order chi connectivity index (χ1) is 7.09. The molecule has 0 unspecified atom stereocenters. The van der Waals surface area contributed by atoms with Crippen LogP contribution in [0.3, 0.4) is 0 Å². The highest BCUT2D eigenvalue weighted by Gasteiger charge is 2.23. The third-order valence-electron chi connectivity index (χ3n) is 2.50. The van der Waals surface area contributed by atoms with Gasteiger partial charge in [-0.1, -0.05) is 0 Å². The van der Waals surface area contributed by atoms with E-state index in [-0.39, 0.29) is 5.91 Å². The fourth-order valence-corrected chi connectivity index (χ4v) is 1.33. The zero-order valence-corrected chi connectivity index (χ0v) is 8.74. The van der Waals surface area contributed by atoms with Crippen LogP contribution < -0.4 is 11.1 Å². The molecule has 5 nitrogen and oxygen atoms in total. The standard InChI is InChI=1S/C10H18N2O3/c11-8(10(14)15)2-1-5-12-9(13)6-7-3-4-7/h7-8H,1-6,11H2,(H,12,13)(H,14,15)/t8-/m0/s1. The number of carboxylic acids is 1. The predicted molar refractivity (Wildman–Crippen MR) is 55.2 cm³/mol. The second-order valence-corrected chi connectivity index (χ2v) is 4.08. The van der Waals surface area contributed by atoms with Gasteiger partial charge in [0, 0.05) is 13.0 Å². The molecule has 1 fully saturated rings. The molecular weight excluding hydrogens is 196 g/mol. The molecule has 1 aliphatic carbocycles. The molecule has 1 amide bonds. The Morgan fingerprint density at radius 2 is 2.13 bits per heavy atom. The molecule has 0 aromatic heterocycles. The first kappa shape index (κ1) is 12.0. The lowest BCUT2D eigenvalue weighted by Crippen LogP contribution is -2.32. The minimum absolute atomic E-state index is 0.0707. The molecule has 0 heterocycles. The molecule has 0 aliphatic heterocycles. The van der Waals surface area contributed by atoms with Crippen molar-refractivity contribution in [3.8, 4) is 0 Å².